The zero-order chi connectivity index (χ0) is 15.0. The van der Waals surface area contributed by atoms with Gasteiger partial charge in [0, 0.05) is 23.4 Å². The monoisotopic (exact) mass is 313 g/mol. The van der Waals surface area contributed by atoms with Crippen LogP contribution in [0, 0.1) is 6.92 Å². The lowest BCUT2D eigenvalue weighted by Gasteiger charge is -2.10. The van der Waals surface area contributed by atoms with Crippen molar-refractivity contribution in [3.05, 3.63) is 34.7 Å². The van der Waals surface area contributed by atoms with Gasteiger partial charge in [0.05, 0.1) is 10.5 Å². The molecule has 1 fully saturated rings. The third-order valence-corrected chi connectivity index (χ3v) is 6.59. The van der Waals surface area contributed by atoms with E-state index in [1.807, 2.05) is 25.1 Å². The van der Waals surface area contributed by atoms with E-state index in [1.54, 1.807) is 6.07 Å². The SMILES string of the molecule is Cc1ccc2cc(C3CCCCCC3)[s+](C(F)(F)F)c2c1. The standard InChI is InChI=1S/C17H20F3S/c1-12-8-9-14-11-16(13-6-4-2-3-5-7-13)21(15(14)10-12)17(18,19)20/h8-11,13H,2-7H2,1H3/q+1. The highest BCUT2D eigenvalue weighted by atomic mass is 32.2. The normalized spacial score (nSPS) is 19.0. The Balaban J connectivity index is 2.16. The molecule has 0 saturated heterocycles. The van der Waals surface area contributed by atoms with Crippen molar-refractivity contribution in [2.75, 3.05) is 0 Å². The van der Waals surface area contributed by atoms with Gasteiger partial charge in [-0.15, -0.1) is 13.2 Å². The molecule has 114 valence electrons. The molecule has 1 aliphatic carbocycles. The van der Waals surface area contributed by atoms with E-state index in [9.17, 15) is 13.2 Å². The van der Waals surface area contributed by atoms with E-state index in [0.29, 0.717) is 9.58 Å². The lowest BCUT2D eigenvalue weighted by Crippen LogP contribution is -2.02. The Bertz CT molecular complexity index is 631. The van der Waals surface area contributed by atoms with E-state index >= 15 is 0 Å². The summed E-state index contributed by atoms with van der Waals surface area (Å²) in [6.07, 6.45) is 6.28. The number of rotatable bonds is 1. The molecule has 21 heavy (non-hydrogen) atoms. The number of benzene rings is 1. The predicted octanol–water partition coefficient (Wildman–Crippen LogP) is 6.81. The molecule has 3 rings (SSSR count). The van der Waals surface area contributed by atoms with Crippen molar-refractivity contribution in [2.45, 2.75) is 56.9 Å². The molecule has 2 aromatic rings. The average molecular weight is 313 g/mol. The summed E-state index contributed by atoms with van der Waals surface area (Å²) in [6, 6.07) is 7.32. The van der Waals surface area contributed by atoms with Crippen LogP contribution in [0.1, 0.15) is 54.9 Å². The van der Waals surface area contributed by atoms with Crippen molar-refractivity contribution in [1.82, 2.24) is 0 Å². The molecule has 0 aliphatic heterocycles. The minimum atomic E-state index is -4.16. The number of fused-ring (bicyclic) bond motifs is 1. The molecule has 0 spiro atoms. The molecule has 1 aromatic heterocycles. The maximum absolute atomic E-state index is 13.6. The van der Waals surface area contributed by atoms with Gasteiger partial charge in [-0.05, 0) is 31.4 Å². The van der Waals surface area contributed by atoms with Gasteiger partial charge in [0.15, 0.2) is 9.58 Å². The van der Waals surface area contributed by atoms with Crippen molar-refractivity contribution < 1.29 is 13.2 Å². The second-order valence-corrected chi connectivity index (χ2v) is 8.01. The smallest absolute Gasteiger partial charge is 0.118 e. The first-order chi connectivity index (χ1) is 9.97. The first kappa shape index (κ1) is 14.9. The minimum Gasteiger partial charge on any atom is -0.118 e. The van der Waals surface area contributed by atoms with Gasteiger partial charge < -0.3 is 0 Å². The van der Waals surface area contributed by atoms with Crippen LogP contribution in [0.15, 0.2) is 24.3 Å². The maximum atomic E-state index is 13.6. The molecular formula is C17H20F3S+. The Morgan fingerprint density at radius 1 is 1.00 bits per heavy atom. The Morgan fingerprint density at radius 3 is 2.29 bits per heavy atom. The van der Waals surface area contributed by atoms with Crippen LogP contribution in [-0.2, 0) is 5.51 Å². The second-order valence-electron chi connectivity index (χ2n) is 6.03. The van der Waals surface area contributed by atoms with Gasteiger partial charge in [-0.2, -0.15) is 0 Å². The minimum absolute atomic E-state index is 0.116. The summed E-state index contributed by atoms with van der Waals surface area (Å²) in [5, 5.41) is 0.778. The molecule has 0 bridgehead atoms. The van der Waals surface area contributed by atoms with Crippen LogP contribution in [0.2, 0.25) is 0 Å². The molecule has 0 amide bonds. The summed E-state index contributed by atoms with van der Waals surface area (Å²) in [6.45, 7) is 1.86. The Labute approximate surface area is 125 Å². The van der Waals surface area contributed by atoms with Crippen LogP contribution in [0.5, 0.6) is 0 Å². The first-order valence-corrected chi connectivity index (χ1v) is 8.82. The summed E-state index contributed by atoms with van der Waals surface area (Å²) < 4.78 is 41.4. The van der Waals surface area contributed by atoms with Crippen molar-refractivity contribution >= 4 is 20.6 Å². The molecule has 0 radical (unpaired) electrons. The molecule has 1 saturated carbocycles. The molecule has 0 nitrogen and oxygen atoms in total. The molecule has 1 heterocycles. The van der Waals surface area contributed by atoms with Crippen molar-refractivity contribution in [3.63, 3.8) is 0 Å². The van der Waals surface area contributed by atoms with Gasteiger partial charge in [0.1, 0.15) is 0 Å². The highest BCUT2D eigenvalue weighted by molar-refractivity contribution is 7.38. The van der Waals surface area contributed by atoms with Crippen LogP contribution in [0.4, 0.5) is 13.2 Å². The third kappa shape index (κ3) is 2.96. The van der Waals surface area contributed by atoms with Gasteiger partial charge in [-0.1, -0.05) is 31.7 Å². The zero-order valence-electron chi connectivity index (χ0n) is 12.2. The fourth-order valence-corrected chi connectivity index (χ4v) is 5.63. The average Bonchev–Trinajstić information content (AvgIpc) is 2.59. The summed E-state index contributed by atoms with van der Waals surface area (Å²) in [5.74, 6) is 0.116. The van der Waals surface area contributed by atoms with Crippen molar-refractivity contribution in [2.24, 2.45) is 0 Å². The van der Waals surface area contributed by atoms with E-state index in [2.05, 4.69) is 0 Å². The van der Waals surface area contributed by atoms with Crippen LogP contribution in [-0.4, -0.2) is 0 Å². The summed E-state index contributed by atoms with van der Waals surface area (Å²) in [5.41, 5.74) is -3.25. The lowest BCUT2D eigenvalue weighted by atomic mass is 9.98. The second kappa shape index (κ2) is 5.64. The zero-order valence-corrected chi connectivity index (χ0v) is 13.0. The number of thiophene rings is 1. The van der Waals surface area contributed by atoms with Gasteiger partial charge in [-0.25, -0.2) is 0 Å². The number of halogens is 3. The van der Waals surface area contributed by atoms with Gasteiger partial charge >= 0.3 is 5.51 Å². The Kier molecular flexibility index (Phi) is 4.00. The van der Waals surface area contributed by atoms with Crippen LogP contribution in [0.3, 0.4) is 0 Å². The number of hydrogen-bond donors (Lipinski definition) is 0. The van der Waals surface area contributed by atoms with Gasteiger partial charge in [0.25, 0.3) is 0 Å². The predicted molar refractivity (Wildman–Crippen MR) is 82.9 cm³/mol. The molecule has 1 unspecified atom stereocenters. The lowest BCUT2D eigenvalue weighted by molar-refractivity contribution is -0.0868. The molecule has 1 atom stereocenters. The first-order valence-electron chi connectivity index (χ1n) is 7.60. The summed E-state index contributed by atoms with van der Waals surface area (Å²) >= 11 is 0. The maximum Gasteiger partial charge on any atom is 0.600 e. The van der Waals surface area contributed by atoms with E-state index in [1.165, 1.54) is 0 Å². The van der Waals surface area contributed by atoms with E-state index in [4.69, 9.17) is 0 Å². The van der Waals surface area contributed by atoms with Crippen molar-refractivity contribution in [3.8, 4) is 0 Å². The Hall–Kier alpha value is -1.03. The Morgan fingerprint density at radius 2 is 1.67 bits per heavy atom. The molecule has 1 aliphatic rings. The van der Waals surface area contributed by atoms with Crippen LogP contribution < -0.4 is 0 Å². The number of hydrogen-bond acceptors (Lipinski definition) is 0. The topological polar surface area (TPSA) is 0 Å². The third-order valence-electron chi connectivity index (χ3n) is 4.41. The highest BCUT2D eigenvalue weighted by Gasteiger charge is 2.49. The van der Waals surface area contributed by atoms with Gasteiger partial charge in [-0.3, -0.25) is 0 Å². The fourth-order valence-electron chi connectivity index (χ4n) is 3.38. The van der Waals surface area contributed by atoms with Gasteiger partial charge in [0.2, 0.25) is 0 Å². The highest BCUT2D eigenvalue weighted by Crippen LogP contribution is 2.54. The van der Waals surface area contributed by atoms with E-state index in [0.717, 1.165) is 49.5 Å². The van der Waals surface area contributed by atoms with Crippen molar-refractivity contribution in [1.29, 1.82) is 0 Å². The van der Waals surface area contributed by atoms with E-state index in [-0.39, 0.29) is 5.92 Å². The van der Waals surface area contributed by atoms with E-state index < -0.39 is 16.0 Å². The van der Waals surface area contributed by atoms with Crippen LogP contribution in [0.25, 0.3) is 10.1 Å². The largest absolute Gasteiger partial charge is 0.600 e. The molecule has 1 aromatic carbocycles. The number of aryl methyl sites for hydroxylation is 1. The molecule has 0 N–H and O–H groups in total. The molecular weight excluding hydrogens is 293 g/mol. The number of alkyl halides is 3. The summed E-state index contributed by atoms with van der Waals surface area (Å²) in [4.78, 5) is 0.644. The fraction of sp³-hybridized carbons (Fsp3) is 0.529. The quantitative estimate of drug-likeness (QED) is 0.400. The summed E-state index contributed by atoms with van der Waals surface area (Å²) in [7, 11) is -1.71. The molecule has 4 heteroatoms. The van der Waals surface area contributed by atoms with Crippen LogP contribution >= 0.6 is 10.5 Å².